The SMILES string of the molecule is CS(=O)(=O)Cn1nnc2c(/C=C/c3ccc(C#N)cc3)ncn2c1=O. The predicted molar refractivity (Wildman–Crippen MR) is 90.0 cm³/mol. The summed E-state index contributed by atoms with van der Waals surface area (Å²) in [5.41, 5.74) is 1.40. The van der Waals surface area contributed by atoms with Crippen LogP contribution >= 0.6 is 0 Å². The molecule has 0 aliphatic carbocycles. The molecule has 0 radical (unpaired) electrons. The Morgan fingerprint density at radius 1 is 1.24 bits per heavy atom. The predicted octanol–water partition coefficient (Wildman–Crippen LogP) is 0.330. The minimum absolute atomic E-state index is 0.222. The molecule has 9 nitrogen and oxygen atoms in total. The Labute approximate surface area is 142 Å². The molecule has 2 aromatic heterocycles. The van der Waals surface area contributed by atoms with Crippen molar-refractivity contribution in [2.45, 2.75) is 5.88 Å². The van der Waals surface area contributed by atoms with Crippen LogP contribution in [0, 0.1) is 11.3 Å². The maximum absolute atomic E-state index is 12.2. The Bertz CT molecular complexity index is 1170. The number of nitrogens with zero attached hydrogens (tertiary/aromatic N) is 6. The van der Waals surface area contributed by atoms with Crippen molar-refractivity contribution in [3.63, 3.8) is 0 Å². The lowest BCUT2D eigenvalue weighted by Gasteiger charge is -2.01. The summed E-state index contributed by atoms with van der Waals surface area (Å²) in [5.74, 6) is -0.552. The molecular formula is C15H12N6O3S. The first-order chi connectivity index (χ1) is 11.9. The Kier molecular flexibility index (Phi) is 4.16. The van der Waals surface area contributed by atoms with Gasteiger partial charge in [-0.3, -0.25) is 0 Å². The van der Waals surface area contributed by atoms with Crippen LogP contribution in [0.4, 0.5) is 0 Å². The smallest absolute Gasteiger partial charge is 0.245 e. The van der Waals surface area contributed by atoms with E-state index in [9.17, 15) is 13.2 Å². The lowest BCUT2D eigenvalue weighted by atomic mass is 10.1. The van der Waals surface area contributed by atoms with Crippen LogP contribution in [0.2, 0.25) is 0 Å². The Balaban J connectivity index is 1.95. The number of rotatable bonds is 4. The van der Waals surface area contributed by atoms with Crippen LogP contribution in [0.5, 0.6) is 0 Å². The number of fused-ring (bicyclic) bond motifs is 1. The number of aromatic nitrogens is 5. The average molecular weight is 356 g/mol. The molecule has 0 atom stereocenters. The van der Waals surface area contributed by atoms with E-state index in [1.807, 2.05) is 6.07 Å². The number of imidazole rings is 1. The Morgan fingerprint density at radius 2 is 1.96 bits per heavy atom. The van der Waals surface area contributed by atoms with E-state index in [1.54, 1.807) is 36.4 Å². The van der Waals surface area contributed by atoms with Gasteiger partial charge in [0, 0.05) is 6.26 Å². The normalized spacial score (nSPS) is 11.8. The van der Waals surface area contributed by atoms with Crippen LogP contribution in [0.25, 0.3) is 17.8 Å². The molecule has 0 saturated carbocycles. The molecule has 0 saturated heterocycles. The molecule has 0 fully saturated rings. The molecule has 0 N–H and O–H groups in total. The molecule has 126 valence electrons. The zero-order chi connectivity index (χ0) is 18.0. The van der Waals surface area contributed by atoms with Gasteiger partial charge in [-0.25, -0.2) is 22.6 Å². The second kappa shape index (κ2) is 6.29. The molecule has 0 amide bonds. The number of hydrogen-bond donors (Lipinski definition) is 0. The van der Waals surface area contributed by atoms with E-state index in [2.05, 4.69) is 15.3 Å². The standard InChI is InChI=1S/C15H12N6O3S/c1-25(23,24)10-21-15(22)20-9-17-13(14(20)18-19-21)7-6-11-2-4-12(8-16)5-3-11/h2-7,9H,10H2,1H3/b7-6+. The molecule has 0 aliphatic heterocycles. The van der Waals surface area contributed by atoms with Gasteiger partial charge in [0.25, 0.3) is 0 Å². The van der Waals surface area contributed by atoms with E-state index in [-0.39, 0.29) is 5.65 Å². The van der Waals surface area contributed by atoms with Gasteiger partial charge in [0.15, 0.2) is 15.5 Å². The summed E-state index contributed by atoms with van der Waals surface area (Å²) in [4.78, 5) is 16.3. The topological polar surface area (TPSA) is 123 Å². The van der Waals surface area contributed by atoms with Crippen LogP contribution in [0.15, 0.2) is 35.4 Å². The van der Waals surface area contributed by atoms with E-state index >= 15 is 0 Å². The van der Waals surface area contributed by atoms with Crippen molar-refractivity contribution in [3.8, 4) is 6.07 Å². The van der Waals surface area contributed by atoms with E-state index in [4.69, 9.17) is 5.26 Å². The van der Waals surface area contributed by atoms with Crippen molar-refractivity contribution in [1.82, 2.24) is 24.4 Å². The number of nitriles is 1. The highest BCUT2D eigenvalue weighted by Gasteiger charge is 2.12. The highest BCUT2D eigenvalue weighted by molar-refractivity contribution is 7.89. The zero-order valence-corrected chi connectivity index (χ0v) is 13.9. The number of hydrogen-bond acceptors (Lipinski definition) is 7. The van der Waals surface area contributed by atoms with E-state index in [0.29, 0.717) is 11.3 Å². The summed E-state index contributed by atoms with van der Waals surface area (Å²) in [6.07, 6.45) is 5.69. The molecule has 0 bridgehead atoms. The van der Waals surface area contributed by atoms with Crippen LogP contribution in [0.1, 0.15) is 16.8 Å². The van der Waals surface area contributed by atoms with Crippen molar-refractivity contribution < 1.29 is 8.42 Å². The molecule has 3 rings (SSSR count). The fourth-order valence-electron chi connectivity index (χ4n) is 2.12. The van der Waals surface area contributed by atoms with Crippen molar-refractivity contribution >= 4 is 27.6 Å². The quantitative estimate of drug-likeness (QED) is 0.660. The number of benzene rings is 1. The molecule has 25 heavy (non-hydrogen) atoms. The molecular weight excluding hydrogens is 344 g/mol. The van der Waals surface area contributed by atoms with Gasteiger partial charge in [-0.15, -0.1) is 5.10 Å². The van der Waals surface area contributed by atoms with Gasteiger partial charge in [0.2, 0.25) is 0 Å². The summed E-state index contributed by atoms with van der Waals surface area (Å²) < 4.78 is 24.5. The molecule has 3 aromatic rings. The second-order valence-corrected chi connectivity index (χ2v) is 7.43. The summed E-state index contributed by atoms with van der Waals surface area (Å²) in [5, 5.41) is 16.3. The minimum Gasteiger partial charge on any atom is -0.245 e. The van der Waals surface area contributed by atoms with Gasteiger partial charge in [0.05, 0.1) is 11.6 Å². The van der Waals surface area contributed by atoms with E-state index < -0.39 is 21.4 Å². The monoisotopic (exact) mass is 356 g/mol. The first-order valence-corrected chi connectivity index (χ1v) is 9.10. The third kappa shape index (κ3) is 3.61. The van der Waals surface area contributed by atoms with Crippen LogP contribution < -0.4 is 5.69 Å². The second-order valence-electron chi connectivity index (χ2n) is 5.32. The minimum atomic E-state index is -3.42. The average Bonchev–Trinajstić information content (AvgIpc) is 2.99. The van der Waals surface area contributed by atoms with Gasteiger partial charge < -0.3 is 0 Å². The maximum atomic E-state index is 12.2. The molecule has 0 unspecified atom stereocenters. The maximum Gasteiger partial charge on any atom is 0.353 e. The van der Waals surface area contributed by atoms with Gasteiger partial charge in [-0.05, 0) is 23.8 Å². The van der Waals surface area contributed by atoms with Gasteiger partial charge in [-0.2, -0.15) is 9.94 Å². The molecule has 10 heteroatoms. The summed E-state index contributed by atoms with van der Waals surface area (Å²) >= 11 is 0. The molecule has 0 spiro atoms. The van der Waals surface area contributed by atoms with Gasteiger partial charge in [-0.1, -0.05) is 23.4 Å². The van der Waals surface area contributed by atoms with Gasteiger partial charge >= 0.3 is 5.69 Å². The van der Waals surface area contributed by atoms with Crippen molar-refractivity contribution in [1.29, 1.82) is 5.26 Å². The molecule has 0 aliphatic rings. The van der Waals surface area contributed by atoms with Crippen LogP contribution in [0.3, 0.4) is 0 Å². The first kappa shape index (κ1) is 16.5. The summed E-state index contributed by atoms with van der Waals surface area (Å²) in [7, 11) is -3.42. The fourth-order valence-corrected chi connectivity index (χ4v) is 2.73. The van der Waals surface area contributed by atoms with Crippen LogP contribution in [-0.4, -0.2) is 39.1 Å². The largest absolute Gasteiger partial charge is 0.353 e. The Hall–Kier alpha value is -3.32. The highest BCUT2D eigenvalue weighted by atomic mass is 32.2. The van der Waals surface area contributed by atoms with E-state index in [0.717, 1.165) is 20.9 Å². The van der Waals surface area contributed by atoms with Crippen LogP contribution in [-0.2, 0) is 15.7 Å². The summed E-state index contributed by atoms with van der Waals surface area (Å²) in [6, 6.07) is 8.97. The summed E-state index contributed by atoms with van der Waals surface area (Å²) in [6.45, 7) is 0. The number of sulfone groups is 1. The fraction of sp³-hybridized carbons (Fsp3) is 0.133. The lowest BCUT2D eigenvalue weighted by Crippen LogP contribution is -2.32. The van der Waals surface area contributed by atoms with E-state index in [1.165, 1.54) is 6.33 Å². The van der Waals surface area contributed by atoms with Crippen molar-refractivity contribution in [3.05, 3.63) is 57.9 Å². The van der Waals surface area contributed by atoms with Gasteiger partial charge in [0.1, 0.15) is 17.9 Å². The highest BCUT2D eigenvalue weighted by Crippen LogP contribution is 2.10. The lowest BCUT2D eigenvalue weighted by molar-refractivity contribution is 0.547. The first-order valence-electron chi connectivity index (χ1n) is 7.04. The zero-order valence-electron chi connectivity index (χ0n) is 13.1. The third-order valence-corrected chi connectivity index (χ3v) is 3.99. The van der Waals surface area contributed by atoms with Crippen molar-refractivity contribution in [2.24, 2.45) is 0 Å². The molecule has 2 heterocycles. The van der Waals surface area contributed by atoms with Crippen molar-refractivity contribution in [2.75, 3.05) is 6.26 Å². The molecule has 1 aromatic carbocycles. The Morgan fingerprint density at radius 3 is 2.60 bits per heavy atom. The third-order valence-electron chi connectivity index (χ3n) is 3.27.